The van der Waals surface area contributed by atoms with Crippen LogP contribution in [-0.4, -0.2) is 13.2 Å². The molecule has 0 fully saturated rings. The average molecular weight is 265 g/mol. The smallest absolute Gasteiger partial charge is 0.212 e. The zero-order valence-corrected chi connectivity index (χ0v) is 11.8. The molecule has 4 heteroatoms. The van der Waals surface area contributed by atoms with E-state index in [1.807, 2.05) is 36.4 Å². The van der Waals surface area contributed by atoms with Crippen LogP contribution in [-0.2, 0) is 10.0 Å². The summed E-state index contributed by atoms with van der Waals surface area (Å²) in [6.45, 7) is 5.12. The second kappa shape index (κ2) is 4.52. The third-order valence-electron chi connectivity index (χ3n) is 3.14. The van der Waals surface area contributed by atoms with Crippen molar-refractivity contribution in [2.75, 3.05) is 0 Å². The summed E-state index contributed by atoms with van der Waals surface area (Å²) >= 11 is 0. The van der Waals surface area contributed by atoms with Crippen molar-refractivity contribution in [2.45, 2.75) is 38.0 Å². The fraction of sp³-hybridized carbons (Fsp3) is 0.429. The summed E-state index contributed by atoms with van der Waals surface area (Å²) in [5, 5.41) is 0. The van der Waals surface area contributed by atoms with Crippen molar-refractivity contribution < 1.29 is 8.42 Å². The zero-order valence-electron chi connectivity index (χ0n) is 11.0. The summed E-state index contributed by atoms with van der Waals surface area (Å²) in [6.07, 6.45) is 4.75. The van der Waals surface area contributed by atoms with Crippen molar-refractivity contribution in [2.24, 2.45) is 0 Å². The summed E-state index contributed by atoms with van der Waals surface area (Å²) < 4.78 is 26.4. The van der Waals surface area contributed by atoms with Gasteiger partial charge in [0.2, 0.25) is 10.0 Å². The molecule has 0 unspecified atom stereocenters. The molecule has 18 heavy (non-hydrogen) atoms. The highest BCUT2D eigenvalue weighted by atomic mass is 32.2. The standard InChI is InChI=1S/C14H19NO2S/c1-14(2,3)18(16,17)15-13-10-6-8-11-7-4-5-9-12(11)13/h4-9,13,15H,10H2,1-3H3/t13-/m0/s1. The van der Waals surface area contributed by atoms with E-state index < -0.39 is 14.8 Å². The number of sulfonamides is 1. The third-order valence-corrected chi connectivity index (χ3v) is 5.35. The first kappa shape index (κ1) is 13.3. The van der Waals surface area contributed by atoms with Crippen LogP contribution in [0.15, 0.2) is 30.3 Å². The molecule has 1 N–H and O–H groups in total. The van der Waals surface area contributed by atoms with Crippen molar-refractivity contribution in [3.05, 3.63) is 41.5 Å². The molecule has 1 aromatic rings. The first-order valence-corrected chi connectivity index (χ1v) is 7.57. The van der Waals surface area contributed by atoms with Gasteiger partial charge in [-0.05, 0) is 38.3 Å². The maximum Gasteiger partial charge on any atom is 0.217 e. The number of rotatable bonds is 2. The first-order chi connectivity index (χ1) is 8.31. The molecule has 0 amide bonds. The molecule has 1 aromatic carbocycles. The van der Waals surface area contributed by atoms with Crippen LogP contribution in [0.5, 0.6) is 0 Å². The topological polar surface area (TPSA) is 46.2 Å². The van der Waals surface area contributed by atoms with Gasteiger partial charge in [0, 0.05) is 0 Å². The minimum atomic E-state index is -3.32. The maximum atomic E-state index is 12.2. The van der Waals surface area contributed by atoms with Crippen LogP contribution in [0, 0.1) is 0 Å². The van der Waals surface area contributed by atoms with E-state index in [9.17, 15) is 8.42 Å². The molecule has 0 saturated carbocycles. The molecule has 0 radical (unpaired) electrons. The van der Waals surface area contributed by atoms with Gasteiger partial charge in [0.05, 0.1) is 10.8 Å². The quantitative estimate of drug-likeness (QED) is 0.893. The molecule has 2 rings (SSSR count). The van der Waals surface area contributed by atoms with Crippen LogP contribution in [0.1, 0.15) is 44.4 Å². The van der Waals surface area contributed by atoms with Gasteiger partial charge in [-0.25, -0.2) is 13.1 Å². The van der Waals surface area contributed by atoms with Crippen LogP contribution in [0.4, 0.5) is 0 Å². The molecule has 1 atom stereocenters. The molecular formula is C14H19NO2S. The van der Waals surface area contributed by atoms with E-state index in [4.69, 9.17) is 0 Å². The Hall–Kier alpha value is -1.13. The SMILES string of the molecule is CC(C)(C)S(=O)(=O)N[C@H]1CC=Cc2ccccc21. The third kappa shape index (κ3) is 2.49. The predicted molar refractivity (Wildman–Crippen MR) is 74.6 cm³/mol. The molecule has 0 spiro atoms. The number of fused-ring (bicyclic) bond motifs is 1. The Labute approximate surface area is 109 Å². The molecule has 0 bridgehead atoms. The fourth-order valence-corrected chi connectivity index (χ4v) is 2.87. The molecule has 0 aliphatic heterocycles. The minimum absolute atomic E-state index is 0.157. The van der Waals surface area contributed by atoms with E-state index in [2.05, 4.69) is 4.72 Å². The van der Waals surface area contributed by atoms with E-state index in [0.717, 1.165) is 11.1 Å². The molecule has 0 heterocycles. The second-order valence-corrected chi connectivity index (χ2v) is 8.02. The van der Waals surface area contributed by atoms with Crippen molar-refractivity contribution in [3.8, 4) is 0 Å². The van der Waals surface area contributed by atoms with Crippen molar-refractivity contribution in [1.82, 2.24) is 4.72 Å². The summed E-state index contributed by atoms with van der Waals surface area (Å²) in [5.41, 5.74) is 2.14. The van der Waals surface area contributed by atoms with Gasteiger partial charge in [0.15, 0.2) is 0 Å². The minimum Gasteiger partial charge on any atom is -0.212 e. The Morgan fingerprint density at radius 1 is 1.22 bits per heavy atom. The van der Waals surface area contributed by atoms with Gasteiger partial charge in [-0.15, -0.1) is 0 Å². The van der Waals surface area contributed by atoms with Gasteiger partial charge in [-0.1, -0.05) is 36.4 Å². The molecule has 1 aliphatic rings. The first-order valence-electron chi connectivity index (χ1n) is 6.08. The highest BCUT2D eigenvalue weighted by Crippen LogP contribution is 2.29. The van der Waals surface area contributed by atoms with E-state index in [0.29, 0.717) is 6.42 Å². The fourth-order valence-electron chi connectivity index (χ4n) is 1.91. The van der Waals surface area contributed by atoms with Gasteiger partial charge < -0.3 is 0 Å². The van der Waals surface area contributed by atoms with Gasteiger partial charge >= 0.3 is 0 Å². The van der Waals surface area contributed by atoms with E-state index in [1.54, 1.807) is 20.8 Å². The maximum absolute atomic E-state index is 12.2. The van der Waals surface area contributed by atoms with Crippen molar-refractivity contribution >= 4 is 16.1 Å². The predicted octanol–water partition coefficient (Wildman–Crippen LogP) is 2.86. The second-order valence-electron chi connectivity index (χ2n) is 5.55. The van der Waals surface area contributed by atoms with Crippen LogP contribution in [0.2, 0.25) is 0 Å². The summed E-state index contributed by atoms with van der Waals surface area (Å²) in [5.74, 6) is 0. The lowest BCUT2D eigenvalue weighted by Gasteiger charge is -2.27. The lowest BCUT2D eigenvalue weighted by Crippen LogP contribution is -2.41. The number of hydrogen-bond acceptors (Lipinski definition) is 2. The molecule has 1 aliphatic carbocycles. The number of benzene rings is 1. The number of hydrogen-bond donors (Lipinski definition) is 1. The summed E-state index contributed by atoms with van der Waals surface area (Å²) in [4.78, 5) is 0. The van der Waals surface area contributed by atoms with E-state index in [1.165, 1.54) is 0 Å². The Balaban J connectivity index is 2.31. The number of nitrogens with one attached hydrogen (secondary N) is 1. The van der Waals surface area contributed by atoms with E-state index in [-0.39, 0.29) is 6.04 Å². The van der Waals surface area contributed by atoms with Crippen LogP contribution in [0.25, 0.3) is 6.08 Å². The summed E-state index contributed by atoms with van der Waals surface area (Å²) in [7, 11) is -3.32. The molecule has 3 nitrogen and oxygen atoms in total. The van der Waals surface area contributed by atoms with Gasteiger partial charge in [0.1, 0.15) is 0 Å². The van der Waals surface area contributed by atoms with Crippen LogP contribution >= 0.6 is 0 Å². The largest absolute Gasteiger partial charge is 0.217 e. The summed E-state index contributed by atoms with van der Waals surface area (Å²) in [6, 6.07) is 7.73. The van der Waals surface area contributed by atoms with Crippen LogP contribution < -0.4 is 4.72 Å². The lowest BCUT2D eigenvalue weighted by molar-refractivity contribution is 0.524. The Bertz CT molecular complexity index is 568. The normalized spacial score (nSPS) is 19.6. The zero-order chi connectivity index (χ0) is 13.4. The van der Waals surface area contributed by atoms with E-state index >= 15 is 0 Å². The Kier molecular flexibility index (Phi) is 3.34. The highest BCUT2D eigenvalue weighted by Gasteiger charge is 2.32. The van der Waals surface area contributed by atoms with Crippen LogP contribution in [0.3, 0.4) is 0 Å². The molecule has 0 aromatic heterocycles. The average Bonchev–Trinajstić information content (AvgIpc) is 2.27. The van der Waals surface area contributed by atoms with Crippen molar-refractivity contribution in [1.29, 1.82) is 0 Å². The van der Waals surface area contributed by atoms with Gasteiger partial charge in [0.25, 0.3) is 0 Å². The molecule has 0 saturated heterocycles. The highest BCUT2D eigenvalue weighted by molar-refractivity contribution is 7.90. The van der Waals surface area contributed by atoms with Gasteiger partial charge in [-0.3, -0.25) is 0 Å². The van der Waals surface area contributed by atoms with Crippen molar-refractivity contribution in [3.63, 3.8) is 0 Å². The lowest BCUT2D eigenvalue weighted by atomic mass is 9.94. The van der Waals surface area contributed by atoms with Gasteiger partial charge in [-0.2, -0.15) is 0 Å². The Morgan fingerprint density at radius 2 is 1.89 bits per heavy atom. The molecular weight excluding hydrogens is 246 g/mol. The molecule has 98 valence electrons. The Morgan fingerprint density at radius 3 is 2.56 bits per heavy atom. The monoisotopic (exact) mass is 265 g/mol.